The van der Waals surface area contributed by atoms with Gasteiger partial charge in [0.05, 0.1) is 13.2 Å². The summed E-state index contributed by atoms with van der Waals surface area (Å²) < 4.78 is 11.4. The molecule has 2 aromatic carbocycles. The topological polar surface area (TPSA) is 58.1 Å². The highest BCUT2D eigenvalue weighted by molar-refractivity contribution is 6.30. The van der Waals surface area contributed by atoms with Crippen LogP contribution in [0.5, 0.6) is 5.75 Å². The van der Waals surface area contributed by atoms with Crippen LogP contribution >= 0.6 is 11.6 Å². The normalized spacial score (nSPS) is 15.2. The Bertz CT molecular complexity index is 794. The summed E-state index contributed by atoms with van der Waals surface area (Å²) >= 11 is 6.05. The zero-order valence-corrected chi connectivity index (χ0v) is 17.6. The van der Waals surface area contributed by atoms with Gasteiger partial charge in [-0.2, -0.15) is 0 Å². The second-order valence-corrected chi connectivity index (χ2v) is 7.26. The SMILES string of the molecule is CN=C(NCc1cccc(Cl)c1)NCc1ccccc1OCCN1CCOCC1. The summed E-state index contributed by atoms with van der Waals surface area (Å²) in [5.74, 6) is 1.63. The molecule has 2 N–H and O–H groups in total. The molecule has 1 saturated heterocycles. The van der Waals surface area contributed by atoms with Gasteiger partial charge in [-0.3, -0.25) is 9.89 Å². The number of morpholine rings is 1. The second-order valence-electron chi connectivity index (χ2n) is 6.82. The smallest absolute Gasteiger partial charge is 0.191 e. The molecule has 0 aliphatic carbocycles. The van der Waals surface area contributed by atoms with E-state index in [-0.39, 0.29) is 0 Å². The van der Waals surface area contributed by atoms with E-state index in [1.165, 1.54) is 0 Å². The van der Waals surface area contributed by atoms with E-state index in [0.717, 1.165) is 60.7 Å². The van der Waals surface area contributed by atoms with Gasteiger partial charge in [0.15, 0.2) is 5.96 Å². The van der Waals surface area contributed by atoms with Gasteiger partial charge in [-0.1, -0.05) is 41.9 Å². The molecule has 0 amide bonds. The molecule has 0 radical (unpaired) electrons. The first kappa shape index (κ1) is 21.4. The number of para-hydroxylation sites is 1. The Morgan fingerprint density at radius 1 is 1.10 bits per heavy atom. The molecular formula is C22H29ClN4O2. The van der Waals surface area contributed by atoms with E-state index >= 15 is 0 Å². The zero-order chi connectivity index (χ0) is 20.3. The molecule has 2 aromatic rings. The summed E-state index contributed by atoms with van der Waals surface area (Å²) in [6.07, 6.45) is 0. The van der Waals surface area contributed by atoms with Crippen LogP contribution < -0.4 is 15.4 Å². The van der Waals surface area contributed by atoms with Crippen molar-refractivity contribution in [2.75, 3.05) is 46.5 Å². The van der Waals surface area contributed by atoms with Crippen LogP contribution in [0.1, 0.15) is 11.1 Å². The van der Waals surface area contributed by atoms with Crippen LogP contribution in [0.4, 0.5) is 0 Å². The Kier molecular flexibility index (Phi) is 8.61. The molecule has 1 aliphatic rings. The van der Waals surface area contributed by atoms with Crippen LogP contribution in [0.3, 0.4) is 0 Å². The number of guanidine groups is 1. The van der Waals surface area contributed by atoms with Crippen molar-refractivity contribution in [3.63, 3.8) is 0 Å². The molecule has 29 heavy (non-hydrogen) atoms. The molecule has 7 heteroatoms. The third-order valence-corrected chi connectivity index (χ3v) is 5.00. The molecule has 0 bridgehead atoms. The number of nitrogens with zero attached hydrogens (tertiary/aromatic N) is 2. The molecule has 156 valence electrons. The van der Waals surface area contributed by atoms with Gasteiger partial charge in [0.25, 0.3) is 0 Å². The number of rotatable bonds is 8. The lowest BCUT2D eigenvalue weighted by Crippen LogP contribution is -2.38. The lowest BCUT2D eigenvalue weighted by Gasteiger charge is -2.26. The molecule has 3 rings (SSSR count). The van der Waals surface area contributed by atoms with Crippen LogP contribution in [0.25, 0.3) is 0 Å². The van der Waals surface area contributed by atoms with E-state index in [1.54, 1.807) is 7.05 Å². The summed E-state index contributed by atoms with van der Waals surface area (Å²) in [6.45, 7) is 6.42. The Labute approximate surface area is 177 Å². The molecule has 1 fully saturated rings. The molecular weight excluding hydrogens is 388 g/mol. The molecule has 0 unspecified atom stereocenters. The number of ether oxygens (including phenoxy) is 2. The van der Waals surface area contributed by atoms with Gasteiger partial charge < -0.3 is 20.1 Å². The first-order valence-electron chi connectivity index (χ1n) is 9.94. The van der Waals surface area contributed by atoms with Gasteiger partial charge in [0, 0.05) is 50.4 Å². The number of nitrogens with one attached hydrogen (secondary N) is 2. The van der Waals surface area contributed by atoms with Gasteiger partial charge >= 0.3 is 0 Å². The first-order valence-corrected chi connectivity index (χ1v) is 10.3. The zero-order valence-electron chi connectivity index (χ0n) is 16.9. The second kappa shape index (κ2) is 11.7. The van der Waals surface area contributed by atoms with Crippen LogP contribution in [0.15, 0.2) is 53.5 Å². The van der Waals surface area contributed by atoms with E-state index in [9.17, 15) is 0 Å². The molecule has 0 spiro atoms. The summed E-state index contributed by atoms with van der Waals surface area (Å²) in [4.78, 5) is 6.66. The van der Waals surface area contributed by atoms with Gasteiger partial charge in [0.2, 0.25) is 0 Å². The van der Waals surface area contributed by atoms with Crippen molar-refractivity contribution in [1.29, 1.82) is 0 Å². The van der Waals surface area contributed by atoms with Crippen molar-refractivity contribution in [1.82, 2.24) is 15.5 Å². The quantitative estimate of drug-likeness (QED) is 0.512. The minimum atomic E-state index is 0.628. The Balaban J connectivity index is 1.47. The van der Waals surface area contributed by atoms with Gasteiger partial charge in [-0.05, 0) is 23.8 Å². The summed E-state index contributed by atoms with van der Waals surface area (Å²) in [5, 5.41) is 7.39. The van der Waals surface area contributed by atoms with Crippen LogP contribution in [0, 0.1) is 0 Å². The Hall–Kier alpha value is -2.28. The van der Waals surface area contributed by atoms with Crippen LogP contribution in [-0.4, -0.2) is 57.4 Å². The van der Waals surface area contributed by atoms with E-state index < -0.39 is 0 Å². The highest BCUT2D eigenvalue weighted by atomic mass is 35.5. The monoisotopic (exact) mass is 416 g/mol. The fourth-order valence-electron chi connectivity index (χ4n) is 3.13. The first-order chi connectivity index (χ1) is 14.2. The average Bonchev–Trinajstić information content (AvgIpc) is 2.75. The standard InChI is InChI=1S/C22H29ClN4O2/c1-24-22(25-16-18-5-4-7-20(23)15-18)26-17-19-6-2-3-8-21(19)29-14-11-27-9-12-28-13-10-27/h2-8,15H,9-14,16-17H2,1H3,(H2,24,25,26). The van der Waals surface area contributed by atoms with Crippen molar-refractivity contribution >= 4 is 17.6 Å². The number of aliphatic imine (C=N–C) groups is 1. The van der Waals surface area contributed by atoms with E-state index in [1.807, 2.05) is 42.5 Å². The summed E-state index contributed by atoms with van der Waals surface area (Å²) in [7, 11) is 1.76. The van der Waals surface area contributed by atoms with Crippen molar-refractivity contribution < 1.29 is 9.47 Å². The Morgan fingerprint density at radius 3 is 2.69 bits per heavy atom. The predicted octanol–water partition coefficient (Wildman–Crippen LogP) is 2.92. The average molecular weight is 417 g/mol. The molecule has 1 aliphatic heterocycles. The minimum absolute atomic E-state index is 0.628. The van der Waals surface area contributed by atoms with E-state index in [4.69, 9.17) is 21.1 Å². The maximum atomic E-state index is 6.05. The molecule has 0 aromatic heterocycles. The third-order valence-electron chi connectivity index (χ3n) is 4.76. The maximum absolute atomic E-state index is 6.05. The number of hydrogen-bond acceptors (Lipinski definition) is 4. The van der Waals surface area contributed by atoms with Gasteiger partial charge in [0.1, 0.15) is 12.4 Å². The largest absolute Gasteiger partial charge is 0.492 e. The Morgan fingerprint density at radius 2 is 1.90 bits per heavy atom. The molecule has 0 atom stereocenters. The van der Waals surface area contributed by atoms with Crippen molar-refractivity contribution in [2.45, 2.75) is 13.1 Å². The minimum Gasteiger partial charge on any atom is -0.492 e. The maximum Gasteiger partial charge on any atom is 0.191 e. The lowest BCUT2D eigenvalue weighted by atomic mass is 10.2. The third kappa shape index (κ3) is 7.24. The molecule has 6 nitrogen and oxygen atoms in total. The van der Waals surface area contributed by atoms with E-state index in [0.29, 0.717) is 19.7 Å². The number of hydrogen-bond donors (Lipinski definition) is 2. The van der Waals surface area contributed by atoms with E-state index in [2.05, 4.69) is 26.6 Å². The summed E-state index contributed by atoms with van der Waals surface area (Å²) in [5.41, 5.74) is 2.20. The molecule has 0 saturated carbocycles. The number of halogens is 1. The molecule has 1 heterocycles. The van der Waals surface area contributed by atoms with Crippen molar-refractivity contribution in [3.8, 4) is 5.75 Å². The van der Waals surface area contributed by atoms with Crippen molar-refractivity contribution in [2.24, 2.45) is 4.99 Å². The van der Waals surface area contributed by atoms with Crippen LogP contribution in [0.2, 0.25) is 5.02 Å². The van der Waals surface area contributed by atoms with Crippen LogP contribution in [-0.2, 0) is 17.8 Å². The summed E-state index contributed by atoms with van der Waals surface area (Å²) in [6, 6.07) is 15.9. The predicted molar refractivity (Wildman–Crippen MR) is 118 cm³/mol. The van der Waals surface area contributed by atoms with Gasteiger partial charge in [-0.25, -0.2) is 0 Å². The highest BCUT2D eigenvalue weighted by Gasteiger charge is 2.11. The fraction of sp³-hybridized carbons (Fsp3) is 0.409. The van der Waals surface area contributed by atoms with Crippen molar-refractivity contribution in [3.05, 3.63) is 64.7 Å². The highest BCUT2D eigenvalue weighted by Crippen LogP contribution is 2.18. The van der Waals surface area contributed by atoms with Gasteiger partial charge in [-0.15, -0.1) is 0 Å². The lowest BCUT2D eigenvalue weighted by molar-refractivity contribution is 0.0322. The number of benzene rings is 2. The fourth-order valence-corrected chi connectivity index (χ4v) is 3.35.